The summed E-state index contributed by atoms with van der Waals surface area (Å²) in [6.45, 7) is 0.259. The van der Waals surface area contributed by atoms with Gasteiger partial charge in [-0.25, -0.2) is 0 Å². The number of amides is 2. The van der Waals surface area contributed by atoms with Gasteiger partial charge in [0.05, 0.1) is 17.7 Å². The molecule has 6 heteroatoms. The molecule has 0 fully saturated rings. The van der Waals surface area contributed by atoms with Gasteiger partial charge in [-0.15, -0.1) is 12.4 Å². The molecular formula is C25H22ClN3O2. The number of imide groups is 1. The van der Waals surface area contributed by atoms with Crippen LogP contribution in [-0.4, -0.2) is 29.6 Å². The maximum Gasteiger partial charge on any atom is 0.261 e. The number of hydrogen-bond donors (Lipinski definition) is 2. The van der Waals surface area contributed by atoms with E-state index in [0.717, 1.165) is 22.3 Å². The molecule has 1 aliphatic rings. The first-order valence-corrected chi connectivity index (χ1v) is 9.66. The van der Waals surface area contributed by atoms with Crippen molar-refractivity contribution < 1.29 is 9.59 Å². The Bertz CT molecular complexity index is 1120. The first-order valence-electron chi connectivity index (χ1n) is 9.66. The Morgan fingerprint density at radius 1 is 0.839 bits per heavy atom. The first-order chi connectivity index (χ1) is 14.6. The smallest absolute Gasteiger partial charge is 0.261 e. The standard InChI is InChI=1S/C25H21N3O2.ClH/c1-27-23(26)20-14-12-18(13-15-20)7-6-17-8-10-19(11-9-17)16-28-24(29)21-4-2-3-5-22(21)25(28)30;/h2-15H,16H2,1H3,(H2,26,27);1H/b7-6+;. The largest absolute Gasteiger partial charge is 0.373 e. The first kappa shape index (κ1) is 22.0. The molecule has 0 bridgehead atoms. The summed E-state index contributed by atoms with van der Waals surface area (Å²) in [6.07, 6.45) is 4.01. The Labute approximate surface area is 187 Å². The van der Waals surface area contributed by atoms with Gasteiger partial charge in [0.15, 0.2) is 0 Å². The fourth-order valence-corrected chi connectivity index (χ4v) is 3.40. The number of hydrogen-bond acceptors (Lipinski definition) is 3. The fraction of sp³-hybridized carbons (Fsp3) is 0.0800. The Morgan fingerprint density at radius 3 is 1.81 bits per heavy atom. The predicted octanol–water partition coefficient (Wildman–Crippen LogP) is 4.62. The molecule has 156 valence electrons. The van der Waals surface area contributed by atoms with Gasteiger partial charge < -0.3 is 5.32 Å². The lowest BCUT2D eigenvalue weighted by Crippen LogP contribution is -2.29. The van der Waals surface area contributed by atoms with Crippen LogP contribution in [0.5, 0.6) is 0 Å². The minimum Gasteiger partial charge on any atom is -0.373 e. The van der Waals surface area contributed by atoms with Gasteiger partial charge in [-0.2, -0.15) is 0 Å². The zero-order valence-corrected chi connectivity index (χ0v) is 17.8. The molecule has 2 N–H and O–H groups in total. The number of fused-ring (bicyclic) bond motifs is 1. The Morgan fingerprint density at radius 2 is 1.32 bits per heavy atom. The second kappa shape index (κ2) is 9.41. The zero-order chi connectivity index (χ0) is 21.1. The second-order valence-corrected chi connectivity index (χ2v) is 7.06. The number of nitrogens with one attached hydrogen (secondary N) is 2. The molecule has 3 aromatic carbocycles. The van der Waals surface area contributed by atoms with Crippen molar-refractivity contribution in [3.8, 4) is 0 Å². The highest BCUT2D eigenvalue weighted by molar-refractivity contribution is 6.21. The zero-order valence-electron chi connectivity index (χ0n) is 17.0. The van der Waals surface area contributed by atoms with Gasteiger partial charge in [-0.05, 0) is 28.8 Å². The lowest BCUT2D eigenvalue weighted by Gasteiger charge is -2.13. The third-order valence-corrected chi connectivity index (χ3v) is 5.12. The maximum atomic E-state index is 12.5. The summed E-state index contributed by atoms with van der Waals surface area (Å²) in [6, 6.07) is 22.5. The molecule has 5 nitrogen and oxygen atoms in total. The third kappa shape index (κ3) is 4.57. The SMILES string of the molecule is CNC(=N)c1ccc(/C=C/c2ccc(CN3C(=O)c4ccccc4C3=O)cc2)cc1.Cl. The molecule has 0 saturated carbocycles. The van der Waals surface area contributed by atoms with Gasteiger partial charge >= 0.3 is 0 Å². The molecule has 4 rings (SSSR count). The van der Waals surface area contributed by atoms with Crippen molar-refractivity contribution in [3.05, 3.63) is 106 Å². The van der Waals surface area contributed by atoms with Crippen LogP contribution in [-0.2, 0) is 6.54 Å². The number of rotatable bonds is 5. The lowest BCUT2D eigenvalue weighted by molar-refractivity contribution is 0.0642. The van der Waals surface area contributed by atoms with Gasteiger partial charge in [0.25, 0.3) is 11.8 Å². The van der Waals surface area contributed by atoms with Crippen molar-refractivity contribution in [2.45, 2.75) is 6.54 Å². The fourth-order valence-electron chi connectivity index (χ4n) is 3.40. The molecule has 31 heavy (non-hydrogen) atoms. The second-order valence-electron chi connectivity index (χ2n) is 7.06. The minimum atomic E-state index is -0.241. The van der Waals surface area contributed by atoms with Crippen LogP contribution in [0.2, 0.25) is 0 Å². The van der Waals surface area contributed by atoms with E-state index in [1.165, 1.54) is 4.90 Å². The summed E-state index contributed by atoms with van der Waals surface area (Å²) in [5, 5.41) is 10.6. The van der Waals surface area contributed by atoms with E-state index in [-0.39, 0.29) is 30.8 Å². The molecule has 1 aliphatic heterocycles. The van der Waals surface area contributed by atoms with E-state index in [2.05, 4.69) is 5.32 Å². The van der Waals surface area contributed by atoms with E-state index in [4.69, 9.17) is 5.41 Å². The van der Waals surface area contributed by atoms with Gasteiger partial charge in [0, 0.05) is 12.6 Å². The topological polar surface area (TPSA) is 73.3 Å². The average Bonchev–Trinajstić information content (AvgIpc) is 3.03. The number of nitrogens with zero attached hydrogens (tertiary/aromatic N) is 1. The summed E-state index contributed by atoms with van der Waals surface area (Å²) in [5.74, 6) is -0.0945. The van der Waals surface area contributed by atoms with Crippen LogP contribution in [0.3, 0.4) is 0 Å². The highest BCUT2D eigenvalue weighted by atomic mass is 35.5. The monoisotopic (exact) mass is 431 g/mol. The van der Waals surface area contributed by atoms with Crippen LogP contribution in [0.15, 0.2) is 72.8 Å². The summed E-state index contributed by atoms with van der Waals surface area (Å²) < 4.78 is 0. The molecule has 0 unspecified atom stereocenters. The Balaban J connectivity index is 0.00000272. The molecule has 0 aromatic heterocycles. The van der Waals surface area contributed by atoms with E-state index in [0.29, 0.717) is 17.0 Å². The van der Waals surface area contributed by atoms with Gasteiger partial charge in [0.1, 0.15) is 5.84 Å². The summed E-state index contributed by atoms with van der Waals surface area (Å²) in [5.41, 5.74) is 4.74. The van der Waals surface area contributed by atoms with Crippen molar-refractivity contribution in [2.24, 2.45) is 0 Å². The van der Waals surface area contributed by atoms with Gasteiger partial charge in [0.2, 0.25) is 0 Å². The van der Waals surface area contributed by atoms with Gasteiger partial charge in [-0.1, -0.05) is 72.8 Å². The highest BCUT2D eigenvalue weighted by Gasteiger charge is 2.34. The highest BCUT2D eigenvalue weighted by Crippen LogP contribution is 2.24. The third-order valence-electron chi connectivity index (χ3n) is 5.12. The van der Waals surface area contributed by atoms with E-state index >= 15 is 0 Å². The Kier molecular flexibility index (Phi) is 6.68. The normalized spacial score (nSPS) is 12.6. The molecule has 0 radical (unpaired) electrons. The van der Waals surface area contributed by atoms with Crippen LogP contribution >= 0.6 is 12.4 Å². The number of halogens is 1. The summed E-state index contributed by atoms with van der Waals surface area (Å²) in [4.78, 5) is 26.3. The molecule has 2 amide bonds. The van der Waals surface area contributed by atoms with Crippen molar-refractivity contribution in [1.82, 2.24) is 10.2 Å². The van der Waals surface area contributed by atoms with Crippen LogP contribution in [0.1, 0.15) is 43.0 Å². The molecular weight excluding hydrogens is 410 g/mol. The molecule has 0 atom stereocenters. The summed E-state index contributed by atoms with van der Waals surface area (Å²) >= 11 is 0. The average molecular weight is 432 g/mol. The molecule has 0 spiro atoms. The van der Waals surface area contributed by atoms with Gasteiger partial charge in [-0.3, -0.25) is 19.9 Å². The van der Waals surface area contributed by atoms with Crippen LogP contribution in [0, 0.1) is 5.41 Å². The van der Waals surface area contributed by atoms with Crippen molar-refractivity contribution >= 4 is 42.2 Å². The summed E-state index contributed by atoms with van der Waals surface area (Å²) in [7, 11) is 1.73. The molecule has 0 saturated heterocycles. The minimum absolute atomic E-state index is 0. The maximum absolute atomic E-state index is 12.5. The molecule has 3 aromatic rings. The van der Waals surface area contributed by atoms with E-state index in [1.54, 1.807) is 31.3 Å². The Hall–Kier alpha value is -3.70. The number of carbonyl (C=O) groups is 2. The van der Waals surface area contributed by atoms with Crippen LogP contribution in [0.25, 0.3) is 12.2 Å². The number of carbonyl (C=O) groups excluding carboxylic acids is 2. The van der Waals surface area contributed by atoms with Crippen LogP contribution in [0.4, 0.5) is 0 Å². The van der Waals surface area contributed by atoms with E-state index in [9.17, 15) is 9.59 Å². The van der Waals surface area contributed by atoms with Crippen molar-refractivity contribution in [2.75, 3.05) is 7.05 Å². The number of benzene rings is 3. The number of amidine groups is 1. The predicted molar refractivity (Wildman–Crippen MR) is 126 cm³/mol. The van der Waals surface area contributed by atoms with Crippen molar-refractivity contribution in [1.29, 1.82) is 5.41 Å². The molecule has 1 heterocycles. The van der Waals surface area contributed by atoms with E-state index in [1.807, 2.05) is 60.7 Å². The van der Waals surface area contributed by atoms with E-state index < -0.39 is 0 Å². The van der Waals surface area contributed by atoms with Crippen LogP contribution < -0.4 is 5.32 Å². The van der Waals surface area contributed by atoms with Crippen molar-refractivity contribution in [3.63, 3.8) is 0 Å². The lowest BCUT2D eigenvalue weighted by atomic mass is 10.1. The molecule has 0 aliphatic carbocycles. The quantitative estimate of drug-likeness (QED) is 0.268.